The van der Waals surface area contributed by atoms with Crippen molar-refractivity contribution in [2.75, 3.05) is 54.1 Å². The number of unbranched alkanes of at least 4 members (excludes halogenated alkanes) is 13. The van der Waals surface area contributed by atoms with Crippen LogP contribution in [-0.2, 0) is 23.1 Å². The first-order valence-electron chi connectivity index (χ1n) is 14.2. The summed E-state index contributed by atoms with van der Waals surface area (Å²) >= 11 is 1.05. The van der Waals surface area contributed by atoms with Crippen LogP contribution in [0.3, 0.4) is 0 Å². The van der Waals surface area contributed by atoms with Crippen molar-refractivity contribution < 1.29 is 32.5 Å². The molecule has 1 unspecified atom stereocenters. The topological polar surface area (TPSA) is 84.9 Å². The van der Waals surface area contributed by atoms with Gasteiger partial charge in [-0.2, -0.15) is 0 Å². The van der Waals surface area contributed by atoms with Crippen molar-refractivity contribution >= 4 is 24.7 Å². The maximum absolute atomic E-state index is 12.0. The van der Waals surface area contributed by atoms with Gasteiger partial charge in [-0.3, -0.25) is 9.36 Å². The van der Waals surface area contributed by atoms with Crippen molar-refractivity contribution in [1.82, 2.24) is 0 Å². The quantitative estimate of drug-likeness (QED) is 0.0667. The van der Waals surface area contributed by atoms with Crippen molar-refractivity contribution in [3.63, 3.8) is 0 Å². The van der Waals surface area contributed by atoms with Gasteiger partial charge in [-0.1, -0.05) is 102 Å². The number of carbonyl (C=O) groups excluding carboxylic acids is 1. The number of quaternary nitrogens is 1. The van der Waals surface area contributed by atoms with Crippen LogP contribution in [0, 0.1) is 0 Å². The second-order valence-electron chi connectivity index (χ2n) is 10.8. The van der Waals surface area contributed by atoms with E-state index in [4.69, 9.17) is 13.8 Å². The Hall–Kier alpha value is 0.0500. The summed E-state index contributed by atoms with van der Waals surface area (Å²) in [5.41, 5.74) is 0. The Morgan fingerprint density at radius 2 is 1.28 bits per heavy atom. The highest BCUT2D eigenvalue weighted by molar-refractivity contribution is 8.14. The minimum absolute atomic E-state index is 0.0895. The minimum Gasteiger partial charge on any atom is -0.756 e. The monoisotopic (exact) mass is 553 g/mol. The van der Waals surface area contributed by atoms with Crippen LogP contribution in [0.15, 0.2) is 0 Å². The van der Waals surface area contributed by atoms with E-state index in [0.29, 0.717) is 13.0 Å². The predicted octanol–water partition coefficient (Wildman–Crippen LogP) is 6.73. The van der Waals surface area contributed by atoms with E-state index in [-0.39, 0.29) is 30.2 Å². The Morgan fingerprint density at radius 3 is 1.75 bits per heavy atom. The van der Waals surface area contributed by atoms with Crippen LogP contribution >= 0.6 is 19.6 Å². The van der Waals surface area contributed by atoms with Gasteiger partial charge in [-0.25, -0.2) is 0 Å². The van der Waals surface area contributed by atoms with Crippen molar-refractivity contribution in [3.05, 3.63) is 0 Å². The first-order chi connectivity index (χ1) is 17.1. The molecular weight excluding hydrogens is 497 g/mol. The van der Waals surface area contributed by atoms with Crippen LogP contribution in [0.25, 0.3) is 0 Å². The summed E-state index contributed by atoms with van der Waals surface area (Å²) in [6.45, 7) is 5.39. The summed E-state index contributed by atoms with van der Waals surface area (Å²) in [7, 11) is 1.73. The molecule has 0 N–H and O–H groups in total. The van der Waals surface area contributed by atoms with Gasteiger partial charge in [0.05, 0.1) is 52.8 Å². The molecule has 36 heavy (non-hydrogen) atoms. The van der Waals surface area contributed by atoms with Gasteiger partial charge in [0.2, 0.25) is 0 Å². The summed E-state index contributed by atoms with van der Waals surface area (Å²) in [5.74, 6) is 0. The molecule has 2 atom stereocenters. The molecular formula is C27H56NO6PS. The average Bonchev–Trinajstić information content (AvgIpc) is 2.79. The Morgan fingerprint density at radius 1 is 0.778 bits per heavy atom. The molecule has 7 nitrogen and oxygen atoms in total. The van der Waals surface area contributed by atoms with E-state index in [2.05, 4.69) is 6.92 Å². The average molecular weight is 554 g/mol. The van der Waals surface area contributed by atoms with Crippen LogP contribution in [0.2, 0.25) is 0 Å². The molecule has 0 fully saturated rings. The lowest BCUT2D eigenvalue weighted by atomic mass is 10.0. The van der Waals surface area contributed by atoms with Crippen molar-refractivity contribution in [1.29, 1.82) is 0 Å². The number of hydrogen-bond donors (Lipinski definition) is 0. The molecule has 0 aromatic rings. The lowest BCUT2D eigenvalue weighted by Crippen LogP contribution is -2.35. The van der Waals surface area contributed by atoms with Gasteiger partial charge in [-0.05, 0) is 6.42 Å². The van der Waals surface area contributed by atoms with Crippen LogP contribution in [-0.4, -0.2) is 69.0 Å². The molecule has 0 amide bonds. The normalized spacial score (nSPS) is 14.6. The zero-order valence-corrected chi connectivity index (χ0v) is 25.7. The third kappa shape index (κ3) is 27.1. The summed E-state index contributed by atoms with van der Waals surface area (Å²) < 4.78 is 28.4. The summed E-state index contributed by atoms with van der Waals surface area (Å²) in [5, 5.41) is -0.459. The van der Waals surface area contributed by atoms with Gasteiger partial charge < -0.3 is 23.2 Å². The van der Waals surface area contributed by atoms with E-state index in [1.807, 2.05) is 21.1 Å². The molecule has 0 aromatic heterocycles. The van der Waals surface area contributed by atoms with Gasteiger partial charge in [-0.15, -0.1) is 0 Å². The summed E-state index contributed by atoms with van der Waals surface area (Å²) in [4.78, 5) is 23.5. The maximum Gasteiger partial charge on any atom is 0.267 e. The number of carbonyl (C=O) groups is 1. The fourth-order valence-electron chi connectivity index (χ4n) is 3.89. The van der Waals surface area contributed by atoms with Crippen LogP contribution < -0.4 is 4.89 Å². The van der Waals surface area contributed by atoms with E-state index in [1.165, 1.54) is 84.0 Å². The minimum atomic E-state index is -4.39. The van der Waals surface area contributed by atoms with Crippen molar-refractivity contribution in [2.24, 2.45) is 0 Å². The fraction of sp³-hybridized carbons (Fsp3) is 0.963. The number of ether oxygens (including phenoxy) is 1. The van der Waals surface area contributed by atoms with Crippen LogP contribution in [0.1, 0.15) is 110 Å². The molecule has 9 heteroatoms. The molecule has 0 saturated heterocycles. The van der Waals surface area contributed by atoms with E-state index in [9.17, 15) is 14.3 Å². The first kappa shape index (κ1) is 36.0. The fourth-order valence-corrected chi connectivity index (χ4v) is 5.55. The maximum atomic E-state index is 12.0. The van der Waals surface area contributed by atoms with E-state index in [0.717, 1.165) is 35.6 Å². The highest BCUT2D eigenvalue weighted by atomic mass is 32.2. The van der Waals surface area contributed by atoms with Gasteiger partial charge in [0.25, 0.3) is 7.82 Å². The highest BCUT2D eigenvalue weighted by Gasteiger charge is 2.18. The molecule has 0 saturated carbocycles. The molecule has 0 aliphatic heterocycles. The number of phosphoric acid groups is 1. The highest BCUT2D eigenvalue weighted by Crippen LogP contribution is 2.39. The van der Waals surface area contributed by atoms with Gasteiger partial charge in [0.1, 0.15) is 0 Å². The Labute approximate surface area is 226 Å². The number of nitrogens with zero attached hydrogens (tertiary/aromatic N) is 1. The molecule has 0 bridgehead atoms. The van der Waals surface area contributed by atoms with Gasteiger partial charge in [0.15, 0.2) is 5.12 Å². The Kier molecular flexibility index (Phi) is 23.0. The lowest BCUT2D eigenvalue weighted by molar-refractivity contribution is -0.870. The van der Waals surface area contributed by atoms with E-state index < -0.39 is 7.82 Å². The van der Waals surface area contributed by atoms with Crippen molar-refractivity contribution in [2.45, 2.75) is 115 Å². The summed E-state index contributed by atoms with van der Waals surface area (Å²) in [6.07, 6.45) is 19.0. The molecule has 0 aliphatic rings. The Balaban J connectivity index is 3.79. The summed E-state index contributed by atoms with van der Waals surface area (Å²) in [6, 6.07) is 0. The molecule has 0 aromatic carbocycles. The van der Waals surface area contributed by atoms with E-state index in [1.54, 1.807) is 0 Å². The molecule has 216 valence electrons. The predicted molar refractivity (Wildman–Crippen MR) is 150 cm³/mol. The second kappa shape index (κ2) is 23.0. The van der Waals surface area contributed by atoms with Crippen molar-refractivity contribution in [3.8, 4) is 0 Å². The molecule has 0 spiro atoms. The molecule has 0 radical (unpaired) electrons. The standard InChI is InChI=1S/C27H56NO6PS/c1-6-7-8-9-10-11-12-13-14-15-16-17-18-19-22-32-24-27(36-26(2)29)25-34-35(30,31)33-23-20-21-28(3,4)5/h27H,6-25H2,1-5H3/t27-/m1/s1. The number of thioether (sulfide) groups is 1. The molecule has 0 heterocycles. The molecule has 0 rings (SSSR count). The van der Waals surface area contributed by atoms with E-state index >= 15 is 0 Å². The zero-order chi connectivity index (χ0) is 27.1. The smallest absolute Gasteiger partial charge is 0.267 e. The number of hydrogen-bond acceptors (Lipinski definition) is 7. The molecule has 0 aliphatic carbocycles. The van der Waals surface area contributed by atoms with Crippen LogP contribution in [0.5, 0.6) is 0 Å². The van der Waals surface area contributed by atoms with Gasteiger partial charge in [0, 0.05) is 20.0 Å². The van der Waals surface area contributed by atoms with Gasteiger partial charge >= 0.3 is 0 Å². The third-order valence-corrected chi connectivity index (χ3v) is 7.82. The lowest BCUT2D eigenvalue weighted by Gasteiger charge is -2.27. The number of phosphoric ester groups is 1. The number of rotatable bonds is 26. The second-order valence-corrected chi connectivity index (χ2v) is 13.7. The van der Waals surface area contributed by atoms with Crippen LogP contribution in [0.4, 0.5) is 0 Å². The first-order valence-corrected chi connectivity index (χ1v) is 16.6. The Bertz CT molecular complexity index is 573. The zero-order valence-electron chi connectivity index (χ0n) is 24.0. The SMILES string of the molecule is CCCCCCCCCCCCCCCCOC[C@H](COP(=O)([O-])OCCC[N+](C)(C)C)SC(C)=O. The third-order valence-electron chi connectivity index (χ3n) is 5.92. The largest absolute Gasteiger partial charge is 0.756 e.